The second-order valence-electron chi connectivity index (χ2n) is 9.71. The van der Waals surface area contributed by atoms with Crippen molar-refractivity contribution in [2.75, 3.05) is 64.1 Å². The first-order valence-electron chi connectivity index (χ1n) is 12.7. The number of hydrogen-bond donors (Lipinski definition) is 1. The molecule has 0 radical (unpaired) electrons. The van der Waals surface area contributed by atoms with E-state index in [4.69, 9.17) is 10.5 Å². The first-order valence-corrected chi connectivity index (χ1v) is 12.7. The first-order chi connectivity index (χ1) is 17.3. The minimum atomic E-state index is -0.0357. The van der Waals surface area contributed by atoms with Crippen LogP contribution in [0.25, 0.3) is 0 Å². The molecule has 1 fully saturated rings. The van der Waals surface area contributed by atoms with Crippen molar-refractivity contribution in [1.82, 2.24) is 24.7 Å². The normalized spacial score (nSPS) is 16.3. The number of rotatable bonds is 10. The molecule has 1 aromatic carbocycles. The standard InChI is InChI=1S/C26H37N7O3/c1-4-5-14-36-26-28-24(27)21-15-22(34)33(25(21)29-26)17-20-8-6-19(7-9-20)16-31-10-12-32(13-11-31)18-23(35)30(2)3/h6-9H,4-5,10-18H2,1-3H3,(H2,27,28,29). The largest absolute Gasteiger partial charge is 0.463 e. The van der Waals surface area contributed by atoms with Crippen molar-refractivity contribution in [1.29, 1.82) is 0 Å². The van der Waals surface area contributed by atoms with E-state index >= 15 is 0 Å². The van der Waals surface area contributed by atoms with E-state index in [1.165, 1.54) is 5.56 Å². The molecule has 2 aliphatic heterocycles. The topological polar surface area (TPSA) is 108 Å². The van der Waals surface area contributed by atoms with Gasteiger partial charge in [0.15, 0.2) is 0 Å². The molecule has 0 spiro atoms. The van der Waals surface area contributed by atoms with Crippen LogP contribution in [0.5, 0.6) is 6.01 Å². The fourth-order valence-electron chi connectivity index (χ4n) is 4.39. The van der Waals surface area contributed by atoms with Crippen molar-refractivity contribution < 1.29 is 14.3 Å². The number of likely N-dealkylation sites (N-methyl/N-ethyl adjacent to an activating group) is 1. The first kappa shape index (κ1) is 25.8. The van der Waals surface area contributed by atoms with E-state index in [1.54, 1.807) is 23.9 Å². The van der Waals surface area contributed by atoms with Crippen LogP contribution in [0.1, 0.15) is 36.5 Å². The van der Waals surface area contributed by atoms with Gasteiger partial charge in [0, 0.05) is 52.4 Å². The zero-order valence-electron chi connectivity index (χ0n) is 21.6. The van der Waals surface area contributed by atoms with Crippen molar-refractivity contribution in [2.24, 2.45) is 0 Å². The van der Waals surface area contributed by atoms with E-state index in [0.29, 0.717) is 36.9 Å². The predicted molar refractivity (Wildman–Crippen MR) is 139 cm³/mol. The Kier molecular flexibility index (Phi) is 8.37. The number of carbonyl (C=O) groups is 2. The molecule has 2 N–H and O–H groups in total. The molecule has 2 aromatic rings. The molecular formula is C26H37N7O3. The summed E-state index contributed by atoms with van der Waals surface area (Å²) in [6.07, 6.45) is 2.12. The maximum absolute atomic E-state index is 12.7. The molecule has 2 amide bonds. The van der Waals surface area contributed by atoms with Crippen LogP contribution in [0.4, 0.5) is 11.6 Å². The molecule has 0 atom stereocenters. The molecule has 1 aromatic heterocycles. The Morgan fingerprint density at radius 3 is 2.31 bits per heavy atom. The van der Waals surface area contributed by atoms with Gasteiger partial charge in [-0.3, -0.25) is 24.3 Å². The summed E-state index contributed by atoms with van der Waals surface area (Å²) in [5, 5.41) is 0. The van der Waals surface area contributed by atoms with Gasteiger partial charge in [-0.05, 0) is 17.5 Å². The van der Waals surface area contributed by atoms with Crippen LogP contribution in [0.2, 0.25) is 0 Å². The van der Waals surface area contributed by atoms with Gasteiger partial charge in [0.25, 0.3) is 0 Å². The summed E-state index contributed by atoms with van der Waals surface area (Å²) in [6, 6.07) is 8.59. The van der Waals surface area contributed by atoms with Crippen molar-refractivity contribution in [3.8, 4) is 6.01 Å². The summed E-state index contributed by atoms with van der Waals surface area (Å²) in [7, 11) is 3.59. The second-order valence-corrected chi connectivity index (χ2v) is 9.71. The number of nitrogens with two attached hydrogens (primary N) is 1. The van der Waals surface area contributed by atoms with E-state index < -0.39 is 0 Å². The maximum atomic E-state index is 12.7. The Balaban J connectivity index is 1.33. The lowest BCUT2D eigenvalue weighted by molar-refractivity contribution is -0.130. The smallest absolute Gasteiger partial charge is 0.320 e. The molecule has 10 nitrogen and oxygen atoms in total. The zero-order valence-corrected chi connectivity index (χ0v) is 21.6. The van der Waals surface area contributed by atoms with Gasteiger partial charge in [0.05, 0.1) is 26.1 Å². The maximum Gasteiger partial charge on any atom is 0.320 e. The van der Waals surface area contributed by atoms with Crippen LogP contribution in [0.15, 0.2) is 24.3 Å². The van der Waals surface area contributed by atoms with Crippen molar-refractivity contribution in [3.05, 3.63) is 41.0 Å². The third kappa shape index (κ3) is 6.30. The number of aromatic nitrogens is 2. The number of nitrogen functional groups attached to an aromatic ring is 1. The van der Waals surface area contributed by atoms with Gasteiger partial charge >= 0.3 is 6.01 Å². The molecule has 3 heterocycles. The molecule has 2 aliphatic rings. The van der Waals surface area contributed by atoms with E-state index in [9.17, 15) is 9.59 Å². The highest BCUT2D eigenvalue weighted by Crippen LogP contribution is 2.33. The molecule has 1 saturated heterocycles. The SMILES string of the molecule is CCCCOc1nc(N)c2c(n1)N(Cc1ccc(CN3CCN(CC(=O)N(C)C)CC3)cc1)C(=O)C2. The molecular weight excluding hydrogens is 458 g/mol. The summed E-state index contributed by atoms with van der Waals surface area (Å²) in [6.45, 7) is 8.04. The van der Waals surface area contributed by atoms with Crippen molar-refractivity contribution >= 4 is 23.5 Å². The van der Waals surface area contributed by atoms with Crippen LogP contribution in [0.3, 0.4) is 0 Å². The fraction of sp³-hybridized carbons (Fsp3) is 0.538. The van der Waals surface area contributed by atoms with Crippen LogP contribution >= 0.6 is 0 Å². The van der Waals surface area contributed by atoms with Crippen LogP contribution in [0, 0.1) is 0 Å². The number of amides is 2. The molecule has 10 heteroatoms. The van der Waals surface area contributed by atoms with Crippen molar-refractivity contribution in [3.63, 3.8) is 0 Å². The number of piperazine rings is 1. The average Bonchev–Trinajstić information content (AvgIpc) is 3.17. The number of benzene rings is 1. The highest BCUT2D eigenvalue weighted by atomic mass is 16.5. The Labute approximate surface area is 213 Å². The fourth-order valence-corrected chi connectivity index (χ4v) is 4.39. The third-order valence-corrected chi connectivity index (χ3v) is 6.70. The van der Waals surface area contributed by atoms with Gasteiger partial charge in [0.1, 0.15) is 11.6 Å². The minimum Gasteiger partial charge on any atom is -0.463 e. The monoisotopic (exact) mass is 495 g/mol. The zero-order chi connectivity index (χ0) is 25.7. The highest BCUT2D eigenvalue weighted by molar-refractivity contribution is 6.01. The quantitative estimate of drug-likeness (QED) is 0.495. The van der Waals surface area contributed by atoms with Gasteiger partial charge < -0.3 is 15.4 Å². The Hall–Kier alpha value is -3.24. The molecule has 0 unspecified atom stereocenters. The lowest BCUT2D eigenvalue weighted by Gasteiger charge is -2.34. The number of unbranched alkanes of at least 4 members (excludes halogenated alkanes) is 1. The Morgan fingerprint density at radius 1 is 1.03 bits per heavy atom. The lowest BCUT2D eigenvalue weighted by atomic mass is 10.1. The van der Waals surface area contributed by atoms with Gasteiger partial charge in [0.2, 0.25) is 11.8 Å². The summed E-state index contributed by atoms with van der Waals surface area (Å²) in [5.74, 6) is 0.969. The number of anilines is 2. The van der Waals surface area contributed by atoms with Gasteiger partial charge in [-0.2, -0.15) is 9.97 Å². The molecule has 0 bridgehead atoms. The van der Waals surface area contributed by atoms with Crippen molar-refractivity contribution in [2.45, 2.75) is 39.3 Å². The lowest BCUT2D eigenvalue weighted by Crippen LogP contribution is -2.48. The molecule has 36 heavy (non-hydrogen) atoms. The van der Waals surface area contributed by atoms with Crippen LogP contribution < -0.4 is 15.4 Å². The average molecular weight is 496 g/mol. The minimum absolute atomic E-state index is 0.0357. The number of hydrogen-bond acceptors (Lipinski definition) is 8. The van der Waals surface area contributed by atoms with E-state index in [2.05, 4.69) is 51.0 Å². The van der Waals surface area contributed by atoms with Crippen LogP contribution in [-0.4, -0.2) is 89.9 Å². The third-order valence-electron chi connectivity index (χ3n) is 6.70. The molecule has 194 valence electrons. The van der Waals surface area contributed by atoms with E-state index in [0.717, 1.165) is 51.1 Å². The number of nitrogens with zero attached hydrogens (tertiary/aromatic N) is 6. The molecule has 0 aliphatic carbocycles. The van der Waals surface area contributed by atoms with E-state index in [1.807, 2.05) is 0 Å². The number of carbonyl (C=O) groups excluding carboxylic acids is 2. The second kappa shape index (κ2) is 11.7. The van der Waals surface area contributed by atoms with Gasteiger partial charge in [-0.25, -0.2) is 0 Å². The summed E-state index contributed by atoms with van der Waals surface area (Å²) in [4.78, 5) is 41.3. The summed E-state index contributed by atoms with van der Waals surface area (Å²) < 4.78 is 5.64. The van der Waals surface area contributed by atoms with Gasteiger partial charge in [-0.1, -0.05) is 37.6 Å². The predicted octanol–water partition coefficient (Wildman–Crippen LogP) is 1.53. The van der Waals surface area contributed by atoms with Gasteiger partial charge in [-0.15, -0.1) is 0 Å². The van der Waals surface area contributed by atoms with Crippen LogP contribution in [-0.2, 0) is 29.1 Å². The number of fused-ring (bicyclic) bond motifs is 1. The Bertz CT molecular complexity index is 1070. The summed E-state index contributed by atoms with van der Waals surface area (Å²) in [5.41, 5.74) is 9.04. The summed E-state index contributed by atoms with van der Waals surface area (Å²) >= 11 is 0. The Morgan fingerprint density at radius 2 is 1.67 bits per heavy atom. The molecule has 0 saturated carbocycles. The molecule has 4 rings (SSSR count). The van der Waals surface area contributed by atoms with E-state index in [-0.39, 0.29) is 24.2 Å². The number of ether oxygens (including phenoxy) is 1. The highest BCUT2D eigenvalue weighted by Gasteiger charge is 2.32.